The lowest BCUT2D eigenvalue weighted by Gasteiger charge is -2.19. The van der Waals surface area contributed by atoms with E-state index in [4.69, 9.17) is 4.74 Å². The number of anilines is 2. The number of nitrogens with zero attached hydrogens (tertiary/aromatic N) is 3. The van der Waals surface area contributed by atoms with Crippen molar-refractivity contribution < 1.29 is 9.53 Å². The van der Waals surface area contributed by atoms with Gasteiger partial charge in [-0.05, 0) is 45.7 Å². The second-order valence-electron chi connectivity index (χ2n) is 5.60. The van der Waals surface area contributed by atoms with Crippen LogP contribution in [0.4, 0.5) is 16.4 Å². The van der Waals surface area contributed by atoms with Crippen LogP contribution in [0.25, 0.3) is 0 Å². The molecule has 1 aromatic rings. The molecule has 0 spiro atoms. The second kappa shape index (κ2) is 5.42. The summed E-state index contributed by atoms with van der Waals surface area (Å²) in [5.74, 6) is 1.25. The molecule has 1 aliphatic heterocycles. The molecule has 1 N–H and O–H groups in total. The van der Waals surface area contributed by atoms with Gasteiger partial charge in [0.2, 0.25) is 0 Å². The van der Waals surface area contributed by atoms with Gasteiger partial charge in [0.15, 0.2) is 11.6 Å². The zero-order valence-electron chi connectivity index (χ0n) is 11.6. The monoisotopic (exact) mass is 264 g/mol. The molecule has 0 radical (unpaired) electrons. The summed E-state index contributed by atoms with van der Waals surface area (Å²) < 4.78 is 5.14. The molecule has 0 unspecified atom stereocenters. The van der Waals surface area contributed by atoms with Gasteiger partial charge in [0, 0.05) is 13.1 Å². The molecular formula is C13H20N4O2. The van der Waals surface area contributed by atoms with Crippen molar-refractivity contribution in [2.45, 2.75) is 39.2 Å². The van der Waals surface area contributed by atoms with Gasteiger partial charge in [0.05, 0.1) is 0 Å². The molecule has 6 heteroatoms. The Balaban J connectivity index is 1.93. The highest BCUT2D eigenvalue weighted by atomic mass is 16.6. The van der Waals surface area contributed by atoms with Crippen molar-refractivity contribution in [2.75, 3.05) is 23.3 Å². The predicted molar refractivity (Wildman–Crippen MR) is 73.3 cm³/mol. The number of amides is 1. The van der Waals surface area contributed by atoms with Crippen molar-refractivity contribution in [2.24, 2.45) is 0 Å². The molecule has 1 aliphatic rings. The van der Waals surface area contributed by atoms with Gasteiger partial charge >= 0.3 is 6.09 Å². The number of ether oxygens (including phenoxy) is 1. The predicted octanol–water partition coefficient (Wildman–Crippen LogP) is 2.42. The summed E-state index contributed by atoms with van der Waals surface area (Å²) >= 11 is 0. The Morgan fingerprint density at radius 2 is 1.95 bits per heavy atom. The van der Waals surface area contributed by atoms with Crippen LogP contribution >= 0.6 is 0 Å². The molecule has 104 valence electrons. The summed E-state index contributed by atoms with van der Waals surface area (Å²) in [6, 6.07) is 3.61. The molecule has 0 aliphatic carbocycles. The molecule has 1 fully saturated rings. The summed E-state index contributed by atoms with van der Waals surface area (Å²) in [7, 11) is 0. The third-order valence-corrected chi connectivity index (χ3v) is 2.71. The molecular weight excluding hydrogens is 244 g/mol. The van der Waals surface area contributed by atoms with Crippen molar-refractivity contribution in [3.63, 3.8) is 0 Å². The molecule has 0 bridgehead atoms. The smallest absolute Gasteiger partial charge is 0.413 e. The topological polar surface area (TPSA) is 67.3 Å². The van der Waals surface area contributed by atoms with E-state index in [2.05, 4.69) is 20.4 Å². The SMILES string of the molecule is CC(C)(C)OC(=O)Nc1ccc(N2CCCC2)nn1. The highest BCUT2D eigenvalue weighted by Gasteiger charge is 2.17. The number of nitrogens with one attached hydrogen (secondary N) is 1. The standard InChI is InChI=1S/C13H20N4O2/c1-13(2,3)19-12(18)14-10-6-7-11(16-15-10)17-8-4-5-9-17/h6-7H,4-5,8-9H2,1-3H3,(H,14,15,18). The van der Waals surface area contributed by atoms with Crippen molar-refractivity contribution in [3.05, 3.63) is 12.1 Å². The van der Waals surface area contributed by atoms with E-state index in [-0.39, 0.29) is 0 Å². The van der Waals surface area contributed by atoms with Crippen molar-refractivity contribution in [3.8, 4) is 0 Å². The summed E-state index contributed by atoms with van der Waals surface area (Å²) in [5, 5.41) is 10.7. The van der Waals surface area contributed by atoms with Crippen LogP contribution in [0.1, 0.15) is 33.6 Å². The molecule has 1 amide bonds. The largest absolute Gasteiger partial charge is 0.444 e. The molecule has 6 nitrogen and oxygen atoms in total. The van der Waals surface area contributed by atoms with Gasteiger partial charge in [-0.15, -0.1) is 10.2 Å². The van der Waals surface area contributed by atoms with Crippen molar-refractivity contribution >= 4 is 17.7 Å². The highest BCUT2D eigenvalue weighted by molar-refractivity contribution is 5.83. The average Bonchev–Trinajstić information content (AvgIpc) is 2.80. The number of hydrogen-bond acceptors (Lipinski definition) is 5. The number of carbonyl (C=O) groups excluding carboxylic acids is 1. The summed E-state index contributed by atoms with van der Waals surface area (Å²) in [6.07, 6.45) is 1.87. The van der Waals surface area contributed by atoms with Crippen LogP contribution < -0.4 is 10.2 Å². The molecule has 0 saturated carbocycles. The van der Waals surface area contributed by atoms with Crippen LogP contribution in [0.2, 0.25) is 0 Å². The minimum Gasteiger partial charge on any atom is -0.444 e. The zero-order valence-corrected chi connectivity index (χ0v) is 11.6. The molecule has 2 heterocycles. The maximum absolute atomic E-state index is 11.6. The van der Waals surface area contributed by atoms with Gasteiger partial charge in [0.1, 0.15) is 5.60 Å². The van der Waals surface area contributed by atoms with E-state index in [0.717, 1.165) is 18.9 Å². The van der Waals surface area contributed by atoms with Gasteiger partial charge < -0.3 is 9.64 Å². The van der Waals surface area contributed by atoms with E-state index in [0.29, 0.717) is 5.82 Å². The Labute approximate surface area is 113 Å². The Morgan fingerprint density at radius 1 is 1.26 bits per heavy atom. The van der Waals surface area contributed by atoms with E-state index in [1.54, 1.807) is 6.07 Å². The maximum atomic E-state index is 11.6. The van der Waals surface area contributed by atoms with Crippen molar-refractivity contribution in [1.29, 1.82) is 0 Å². The lowest BCUT2D eigenvalue weighted by atomic mass is 10.2. The molecule has 2 rings (SSSR count). The Bertz CT molecular complexity index is 433. The van der Waals surface area contributed by atoms with Crippen LogP contribution in [0.5, 0.6) is 0 Å². The van der Waals surface area contributed by atoms with Gasteiger partial charge in [-0.3, -0.25) is 5.32 Å². The third kappa shape index (κ3) is 4.08. The fourth-order valence-corrected chi connectivity index (χ4v) is 1.91. The Hall–Kier alpha value is -1.85. The molecule has 0 aromatic carbocycles. The van der Waals surface area contributed by atoms with Gasteiger partial charge in [-0.1, -0.05) is 0 Å². The van der Waals surface area contributed by atoms with E-state index in [1.807, 2.05) is 26.8 Å². The molecule has 0 atom stereocenters. The average molecular weight is 264 g/mol. The number of rotatable bonds is 2. The van der Waals surface area contributed by atoms with Gasteiger partial charge in [-0.25, -0.2) is 4.79 Å². The number of hydrogen-bond donors (Lipinski definition) is 1. The first kappa shape index (κ1) is 13.6. The van der Waals surface area contributed by atoms with Crippen LogP contribution in [0, 0.1) is 0 Å². The van der Waals surface area contributed by atoms with Crippen LogP contribution in [0.3, 0.4) is 0 Å². The van der Waals surface area contributed by atoms with Gasteiger partial charge in [-0.2, -0.15) is 0 Å². The molecule has 19 heavy (non-hydrogen) atoms. The Morgan fingerprint density at radius 3 is 2.47 bits per heavy atom. The van der Waals surface area contributed by atoms with E-state index in [9.17, 15) is 4.79 Å². The third-order valence-electron chi connectivity index (χ3n) is 2.71. The minimum absolute atomic E-state index is 0.400. The quantitative estimate of drug-likeness (QED) is 0.888. The maximum Gasteiger partial charge on any atom is 0.413 e. The van der Waals surface area contributed by atoms with Gasteiger partial charge in [0.25, 0.3) is 0 Å². The first-order valence-electron chi connectivity index (χ1n) is 6.53. The fraction of sp³-hybridized carbons (Fsp3) is 0.615. The molecule has 1 aromatic heterocycles. The highest BCUT2D eigenvalue weighted by Crippen LogP contribution is 2.17. The van der Waals surface area contributed by atoms with Crippen LogP contribution in [0.15, 0.2) is 12.1 Å². The van der Waals surface area contributed by atoms with Crippen LogP contribution in [-0.2, 0) is 4.74 Å². The summed E-state index contributed by atoms with van der Waals surface area (Å²) in [6.45, 7) is 7.49. The Kier molecular flexibility index (Phi) is 3.87. The zero-order chi connectivity index (χ0) is 13.9. The van der Waals surface area contributed by atoms with E-state index >= 15 is 0 Å². The normalized spacial score (nSPS) is 15.4. The second-order valence-corrected chi connectivity index (χ2v) is 5.60. The van der Waals surface area contributed by atoms with E-state index in [1.165, 1.54) is 12.8 Å². The van der Waals surface area contributed by atoms with Crippen molar-refractivity contribution in [1.82, 2.24) is 10.2 Å². The number of aromatic nitrogens is 2. The summed E-state index contributed by atoms with van der Waals surface area (Å²) in [4.78, 5) is 13.7. The lowest BCUT2D eigenvalue weighted by Crippen LogP contribution is -2.27. The minimum atomic E-state index is -0.521. The number of carbonyl (C=O) groups is 1. The van der Waals surface area contributed by atoms with Crippen LogP contribution in [-0.4, -0.2) is 35.0 Å². The first-order chi connectivity index (χ1) is 8.94. The molecule has 1 saturated heterocycles. The fourth-order valence-electron chi connectivity index (χ4n) is 1.91. The summed E-state index contributed by atoms with van der Waals surface area (Å²) in [5.41, 5.74) is -0.521. The van der Waals surface area contributed by atoms with E-state index < -0.39 is 11.7 Å². The lowest BCUT2D eigenvalue weighted by molar-refractivity contribution is 0.0635. The first-order valence-corrected chi connectivity index (χ1v) is 6.53.